The van der Waals surface area contributed by atoms with Crippen LogP contribution in [-0.4, -0.2) is 19.3 Å². The first-order valence-corrected chi connectivity index (χ1v) is 7.22. The summed E-state index contributed by atoms with van der Waals surface area (Å²) in [4.78, 5) is 3.25. The van der Waals surface area contributed by atoms with Gasteiger partial charge in [0.25, 0.3) is 0 Å². The zero-order valence-electron chi connectivity index (χ0n) is 10.4. The Bertz CT molecular complexity index is 757. The molecule has 1 aromatic carbocycles. The Morgan fingerprint density at radius 2 is 2.32 bits per heavy atom. The first-order valence-electron chi connectivity index (χ1n) is 6.02. The quantitative estimate of drug-likeness (QED) is 0.736. The molecule has 1 atom stereocenters. The molecule has 6 heteroatoms. The molecule has 3 rings (SSSR count). The highest BCUT2D eigenvalue weighted by Gasteiger charge is 2.12. The molecule has 2 aromatic heterocycles. The maximum Gasteiger partial charge on any atom is 0.178 e. The summed E-state index contributed by atoms with van der Waals surface area (Å²) in [6.45, 7) is 2.94. The third-order valence-electron chi connectivity index (χ3n) is 3.13. The zero-order chi connectivity index (χ0) is 13.4. The Labute approximate surface area is 124 Å². The Hall–Kier alpha value is -1.40. The van der Waals surface area contributed by atoms with Crippen molar-refractivity contribution in [3.05, 3.63) is 45.9 Å². The molecule has 1 N–H and O–H groups in total. The second-order valence-electron chi connectivity index (χ2n) is 4.54. The number of H-pyrrole nitrogens is 1. The van der Waals surface area contributed by atoms with Gasteiger partial charge in [0.1, 0.15) is 0 Å². The number of nitrogens with zero attached hydrogens (tertiary/aromatic N) is 3. The van der Waals surface area contributed by atoms with E-state index < -0.39 is 0 Å². The molecule has 0 amide bonds. The summed E-state index contributed by atoms with van der Waals surface area (Å²) in [5, 5.41) is 4.24. The molecule has 0 aliphatic carbocycles. The minimum Gasteiger partial charge on any atom is -0.331 e. The maximum atomic E-state index is 5.43. The summed E-state index contributed by atoms with van der Waals surface area (Å²) < 4.78 is 5.85. The number of fused-ring (bicyclic) bond motifs is 1. The summed E-state index contributed by atoms with van der Waals surface area (Å²) in [6, 6.07) is 8.32. The van der Waals surface area contributed by atoms with E-state index in [-0.39, 0.29) is 6.04 Å². The van der Waals surface area contributed by atoms with Crippen LogP contribution in [0.5, 0.6) is 0 Å². The maximum absolute atomic E-state index is 5.43. The molecule has 3 aromatic rings. The number of halogens is 1. The summed E-state index contributed by atoms with van der Waals surface area (Å²) in [7, 11) is 0. The molecule has 0 fully saturated rings. The van der Waals surface area contributed by atoms with Crippen molar-refractivity contribution in [2.45, 2.75) is 19.5 Å². The fourth-order valence-electron chi connectivity index (χ4n) is 2.30. The zero-order valence-corrected chi connectivity index (χ0v) is 12.8. The molecule has 98 valence electrons. The molecule has 0 bridgehead atoms. The van der Waals surface area contributed by atoms with Crippen molar-refractivity contribution in [3.8, 4) is 0 Å². The molecule has 2 heterocycles. The standard InChI is InChI=1S/C13H13BrN4S/c1-9(8-17-6-2-5-15-17)18-12-4-3-10(14)7-11(12)16-13(18)19/h2-7,9H,8H2,1H3,(H,16,19). The van der Waals surface area contributed by atoms with E-state index in [0.717, 1.165) is 26.8 Å². The van der Waals surface area contributed by atoms with Crippen LogP contribution in [0.3, 0.4) is 0 Å². The van der Waals surface area contributed by atoms with E-state index >= 15 is 0 Å². The molecule has 0 aliphatic rings. The first kappa shape index (κ1) is 12.6. The molecule has 0 saturated carbocycles. The van der Waals surface area contributed by atoms with E-state index in [1.165, 1.54) is 0 Å². The van der Waals surface area contributed by atoms with Crippen molar-refractivity contribution in [1.29, 1.82) is 0 Å². The predicted molar refractivity (Wildman–Crippen MR) is 81.8 cm³/mol. The van der Waals surface area contributed by atoms with Gasteiger partial charge in [0, 0.05) is 16.9 Å². The van der Waals surface area contributed by atoms with E-state index in [1.54, 1.807) is 6.20 Å². The number of aromatic nitrogens is 4. The van der Waals surface area contributed by atoms with Crippen LogP contribution in [0, 0.1) is 4.77 Å². The SMILES string of the molecule is CC(Cn1cccn1)n1c(=S)[nH]c2cc(Br)ccc21. The molecule has 0 spiro atoms. The van der Waals surface area contributed by atoms with E-state index in [4.69, 9.17) is 12.2 Å². The minimum atomic E-state index is 0.238. The van der Waals surface area contributed by atoms with Gasteiger partial charge in [0.2, 0.25) is 0 Å². The van der Waals surface area contributed by atoms with Gasteiger partial charge in [-0.25, -0.2) is 0 Å². The van der Waals surface area contributed by atoms with Crippen LogP contribution in [0.4, 0.5) is 0 Å². The highest BCUT2D eigenvalue weighted by Crippen LogP contribution is 2.23. The predicted octanol–water partition coefficient (Wildman–Crippen LogP) is 3.92. The van der Waals surface area contributed by atoms with Gasteiger partial charge in [0.05, 0.1) is 23.6 Å². The van der Waals surface area contributed by atoms with E-state index in [0.29, 0.717) is 0 Å². The lowest BCUT2D eigenvalue weighted by Gasteiger charge is -2.14. The van der Waals surface area contributed by atoms with Gasteiger partial charge in [-0.1, -0.05) is 15.9 Å². The van der Waals surface area contributed by atoms with E-state index in [2.05, 4.69) is 43.6 Å². The largest absolute Gasteiger partial charge is 0.331 e. The third-order valence-corrected chi connectivity index (χ3v) is 3.92. The minimum absolute atomic E-state index is 0.238. The number of nitrogens with one attached hydrogen (secondary N) is 1. The average Bonchev–Trinajstić information content (AvgIpc) is 2.95. The summed E-state index contributed by atoms with van der Waals surface area (Å²) in [5.74, 6) is 0. The fourth-order valence-corrected chi connectivity index (χ4v) is 3.05. The molecule has 19 heavy (non-hydrogen) atoms. The number of imidazole rings is 1. The molecular weight excluding hydrogens is 324 g/mol. The molecular formula is C13H13BrN4S. The molecule has 0 radical (unpaired) electrons. The van der Waals surface area contributed by atoms with Gasteiger partial charge in [-0.3, -0.25) is 4.68 Å². The van der Waals surface area contributed by atoms with Crippen LogP contribution in [0.2, 0.25) is 0 Å². The Morgan fingerprint density at radius 3 is 3.05 bits per heavy atom. The Balaban J connectivity index is 2.04. The molecule has 1 unspecified atom stereocenters. The lowest BCUT2D eigenvalue weighted by Crippen LogP contribution is -2.13. The van der Waals surface area contributed by atoms with Gasteiger partial charge < -0.3 is 9.55 Å². The number of rotatable bonds is 3. The van der Waals surface area contributed by atoms with Crippen molar-refractivity contribution in [2.24, 2.45) is 0 Å². The Morgan fingerprint density at radius 1 is 1.47 bits per heavy atom. The molecule has 4 nitrogen and oxygen atoms in total. The van der Waals surface area contributed by atoms with Crippen LogP contribution < -0.4 is 0 Å². The van der Waals surface area contributed by atoms with Crippen LogP contribution in [0.25, 0.3) is 11.0 Å². The molecule has 0 aliphatic heterocycles. The third kappa shape index (κ3) is 2.37. The molecule has 0 saturated heterocycles. The van der Waals surface area contributed by atoms with Crippen molar-refractivity contribution in [2.75, 3.05) is 0 Å². The smallest absolute Gasteiger partial charge is 0.178 e. The lowest BCUT2D eigenvalue weighted by molar-refractivity contribution is 0.442. The van der Waals surface area contributed by atoms with E-state index in [1.807, 2.05) is 29.1 Å². The first-order chi connectivity index (χ1) is 9.15. The van der Waals surface area contributed by atoms with Crippen LogP contribution in [-0.2, 0) is 6.54 Å². The number of hydrogen-bond donors (Lipinski definition) is 1. The highest BCUT2D eigenvalue weighted by molar-refractivity contribution is 9.10. The number of aromatic amines is 1. The second-order valence-corrected chi connectivity index (χ2v) is 5.84. The normalized spacial score (nSPS) is 12.9. The van der Waals surface area contributed by atoms with E-state index in [9.17, 15) is 0 Å². The van der Waals surface area contributed by atoms with Crippen LogP contribution in [0.1, 0.15) is 13.0 Å². The van der Waals surface area contributed by atoms with Gasteiger partial charge in [-0.05, 0) is 43.4 Å². The fraction of sp³-hybridized carbons (Fsp3) is 0.231. The van der Waals surface area contributed by atoms with Crippen molar-refractivity contribution in [3.63, 3.8) is 0 Å². The Kier molecular flexibility index (Phi) is 3.28. The average molecular weight is 337 g/mol. The lowest BCUT2D eigenvalue weighted by atomic mass is 10.3. The van der Waals surface area contributed by atoms with Crippen LogP contribution in [0.15, 0.2) is 41.1 Å². The monoisotopic (exact) mass is 336 g/mol. The number of hydrogen-bond acceptors (Lipinski definition) is 2. The topological polar surface area (TPSA) is 38.5 Å². The van der Waals surface area contributed by atoms with Gasteiger partial charge in [-0.15, -0.1) is 0 Å². The van der Waals surface area contributed by atoms with Crippen LogP contribution >= 0.6 is 28.1 Å². The second kappa shape index (κ2) is 4.94. The summed E-state index contributed by atoms with van der Waals surface area (Å²) in [5.41, 5.74) is 2.17. The van der Waals surface area contributed by atoms with Gasteiger partial charge in [0.15, 0.2) is 4.77 Å². The highest BCUT2D eigenvalue weighted by atomic mass is 79.9. The van der Waals surface area contributed by atoms with Crippen molar-refractivity contribution in [1.82, 2.24) is 19.3 Å². The van der Waals surface area contributed by atoms with Gasteiger partial charge in [-0.2, -0.15) is 5.10 Å². The van der Waals surface area contributed by atoms with Gasteiger partial charge >= 0.3 is 0 Å². The summed E-state index contributed by atoms with van der Waals surface area (Å²) >= 11 is 8.90. The number of benzene rings is 1. The van der Waals surface area contributed by atoms with Crippen molar-refractivity contribution < 1.29 is 0 Å². The van der Waals surface area contributed by atoms with Crippen molar-refractivity contribution >= 4 is 39.2 Å². The summed E-state index contributed by atoms with van der Waals surface area (Å²) in [6.07, 6.45) is 3.75.